The number of aryl methyl sites for hydroxylation is 1. The van der Waals surface area contributed by atoms with Crippen LogP contribution in [-0.2, 0) is 0 Å². The van der Waals surface area contributed by atoms with Crippen molar-refractivity contribution in [2.75, 3.05) is 0 Å². The molecule has 3 aromatic rings. The molecule has 0 spiro atoms. The molecule has 3 rings (SSSR count). The van der Waals surface area contributed by atoms with Crippen molar-refractivity contribution in [1.29, 1.82) is 0 Å². The molecule has 2 nitrogen and oxygen atoms in total. The third-order valence-corrected chi connectivity index (χ3v) is 2.51. The number of aromatic nitrogens is 1. The van der Waals surface area contributed by atoms with E-state index in [-0.39, 0.29) is 0 Å². The molecule has 0 fully saturated rings. The van der Waals surface area contributed by atoms with Crippen LogP contribution in [0.1, 0.15) is 19.4 Å². The molecule has 0 bridgehead atoms. The van der Waals surface area contributed by atoms with Crippen LogP contribution in [0.15, 0.2) is 41.1 Å². The minimum absolute atomic E-state index is 0.858. The zero-order chi connectivity index (χ0) is 11.5. The Morgan fingerprint density at radius 3 is 2.69 bits per heavy atom. The van der Waals surface area contributed by atoms with Crippen LogP contribution in [0.2, 0.25) is 0 Å². The summed E-state index contributed by atoms with van der Waals surface area (Å²) in [6, 6.07) is 8.09. The lowest BCUT2D eigenvalue weighted by molar-refractivity contribution is 0.667. The fraction of sp³-hybridized carbons (Fsp3) is 0.214. The number of furan rings is 1. The number of rotatable bonds is 0. The highest BCUT2D eigenvalue weighted by atomic mass is 16.3. The summed E-state index contributed by atoms with van der Waals surface area (Å²) in [5.41, 5.74) is 3.04. The molecule has 0 saturated heterocycles. The topological polar surface area (TPSA) is 26.0 Å². The van der Waals surface area contributed by atoms with Gasteiger partial charge in [-0.15, -0.1) is 0 Å². The van der Waals surface area contributed by atoms with Crippen molar-refractivity contribution in [3.8, 4) is 0 Å². The van der Waals surface area contributed by atoms with Crippen LogP contribution in [0.3, 0.4) is 0 Å². The van der Waals surface area contributed by atoms with Crippen molar-refractivity contribution in [1.82, 2.24) is 4.98 Å². The van der Waals surface area contributed by atoms with Gasteiger partial charge in [-0.25, -0.2) is 0 Å². The van der Waals surface area contributed by atoms with Gasteiger partial charge in [0.25, 0.3) is 0 Å². The highest BCUT2D eigenvalue weighted by Gasteiger charge is 2.07. The highest BCUT2D eigenvalue weighted by Crippen LogP contribution is 2.29. The fourth-order valence-corrected chi connectivity index (χ4v) is 1.86. The second kappa shape index (κ2) is 4.35. The molecule has 2 heterocycles. The predicted molar refractivity (Wildman–Crippen MR) is 67.6 cm³/mol. The Bertz CT molecular complexity index is 610. The van der Waals surface area contributed by atoms with Gasteiger partial charge in [0.05, 0.1) is 6.20 Å². The largest absolute Gasteiger partial charge is 0.454 e. The highest BCUT2D eigenvalue weighted by molar-refractivity contribution is 6.06. The van der Waals surface area contributed by atoms with E-state index in [1.807, 2.05) is 32.0 Å². The molecule has 1 aromatic carbocycles. The Morgan fingerprint density at radius 2 is 1.88 bits per heavy atom. The Labute approximate surface area is 94.9 Å². The number of pyridine rings is 1. The van der Waals surface area contributed by atoms with Crippen molar-refractivity contribution in [3.63, 3.8) is 0 Å². The Morgan fingerprint density at radius 1 is 1.06 bits per heavy atom. The molecule has 0 aliphatic heterocycles. The van der Waals surface area contributed by atoms with Crippen LogP contribution in [0.25, 0.3) is 21.9 Å². The minimum atomic E-state index is 0.858. The molecule has 0 N–H and O–H groups in total. The summed E-state index contributed by atoms with van der Waals surface area (Å²) in [5.74, 6) is 0. The quantitative estimate of drug-likeness (QED) is 0.556. The monoisotopic (exact) mass is 213 g/mol. The lowest BCUT2D eigenvalue weighted by Gasteiger charge is -1.93. The first kappa shape index (κ1) is 10.7. The van der Waals surface area contributed by atoms with Gasteiger partial charge in [0, 0.05) is 17.0 Å². The molecule has 0 amide bonds. The first-order valence-corrected chi connectivity index (χ1v) is 5.58. The molecule has 0 aliphatic carbocycles. The smallest absolute Gasteiger partial charge is 0.153 e. The van der Waals surface area contributed by atoms with Crippen molar-refractivity contribution < 1.29 is 4.42 Å². The summed E-state index contributed by atoms with van der Waals surface area (Å²) < 4.78 is 5.67. The zero-order valence-electron chi connectivity index (χ0n) is 9.82. The summed E-state index contributed by atoms with van der Waals surface area (Å²) >= 11 is 0. The van der Waals surface area contributed by atoms with E-state index in [0.717, 1.165) is 16.6 Å². The maximum Gasteiger partial charge on any atom is 0.153 e. The van der Waals surface area contributed by atoms with Gasteiger partial charge >= 0.3 is 0 Å². The van der Waals surface area contributed by atoms with Gasteiger partial charge in [-0.1, -0.05) is 26.0 Å². The van der Waals surface area contributed by atoms with E-state index in [1.54, 1.807) is 12.4 Å². The van der Waals surface area contributed by atoms with Crippen LogP contribution >= 0.6 is 0 Å². The lowest BCUT2D eigenvalue weighted by Crippen LogP contribution is -1.73. The summed E-state index contributed by atoms with van der Waals surface area (Å²) in [6.07, 6.45) is 3.55. The number of hydrogen-bond donors (Lipinski definition) is 0. The first-order chi connectivity index (χ1) is 7.86. The van der Waals surface area contributed by atoms with Crippen LogP contribution in [0, 0.1) is 6.92 Å². The predicted octanol–water partition coefficient (Wildman–Crippen LogP) is 4.32. The Kier molecular flexibility index (Phi) is 2.91. The van der Waals surface area contributed by atoms with Gasteiger partial charge in [0.2, 0.25) is 0 Å². The molecule has 0 saturated carbocycles. The Hall–Kier alpha value is -1.83. The lowest BCUT2D eigenvalue weighted by atomic mass is 10.1. The SMILES string of the molecule is CC.Cc1cccc2oc3cnccc3c12. The standard InChI is InChI=1S/C12H9NO.C2H6/c1-8-3-2-4-10-12(8)9-5-6-13-7-11(9)14-10;1-2/h2-7H,1H3;1-2H3. The van der Waals surface area contributed by atoms with Crippen LogP contribution in [0.4, 0.5) is 0 Å². The number of hydrogen-bond acceptors (Lipinski definition) is 2. The number of fused-ring (bicyclic) bond motifs is 3. The van der Waals surface area contributed by atoms with Gasteiger partial charge in [0.1, 0.15) is 5.58 Å². The number of benzene rings is 1. The van der Waals surface area contributed by atoms with Gasteiger partial charge in [-0.05, 0) is 24.6 Å². The van der Waals surface area contributed by atoms with E-state index in [2.05, 4.69) is 18.0 Å². The first-order valence-electron chi connectivity index (χ1n) is 5.58. The normalized spacial score (nSPS) is 10.2. The third-order valence-electron chi connectivity index (χ3n) is 2.51. The molecule has 16 heavy (non-hydrogen) atoms. The molecule has 0 unspecified atom stereocenters. The van der Waals surface area contributed by atoms with Gasteiger partial charge in [-0.2, -0.15) is 0 Å². The summed E-state index contributed by atoms with van der Waals surface area (Å²) in [7, 11) is 0. The van der Waals surface area contributed by atoms with Crippen molar-refractivity contribution in [2.24, 2.45) is 0 Å². The van der Waals surface area contributed by atoms with Crippen LogP contribution < -0.4 is 0 Å². The van der Waals surface area contributed by atoms with Crippen molar-refractivity contribution >= 4 is 21.9 Å². The summed E-state index contributed by atoms with van der Waals surface area (Å²) in [4.78, 5) is 4.04. The van der Waals surface area contributed by atoms with Crippen molar-refractivity contribution in [2.45, 2.75) is 20.8 Å². The molecule has 0 atom stereocenters. The molecular weight excluding hydrogens is 198 g/mol. The third kappa shape index (κ3) is 1.56. The second-order valence-electron chi connectivity index (χ2n) is 3.42. The molecule has 2 aromatic heterocycles. The van der Waals surface area contributed by atoms with E-state index >= 15 is 0 Å². The van der Waals surface area contributed by atoms with Gasteiger partial charge < -0.3 is 4.42 Å². The fourth-order valence-electron chi connectivity index (χ4n) is 1.86. The summed E-state index contributed by atoms with van der Waals surface area (Å²) in [6.45, 7) is 6.09. The van der Waals surface area contributed by atoms with Gasteiger partial charge in [-0.3, -0.25) is 4.98 Å². The molecule has 82 valence electrons. The van der Waals surface area contributed by atoms with Crippen LogP contribution in [0.5, 0.6) is 0 Å². The molecule has 0 radical (unpaired) electrons. The minimum Gasteiger partial charge on any atom is -0.454 e. The zero-order valence-corrected chi connectivity index (χ0v) is 9.82. The maximum absolute atomic E-state index is 5.67. The van der Waals surface area contributed by atoms with Crippen molar-refractivity contribution in [3.05, 3.63) is 42.2 Å². The van der Waals surface area contributed by atoms with Crippen LogP contribution in [-0.4, -0.2) is 4.98 Å². The maximum atomic E-state index is 5.67. The van der Waals surface area contributed by atoms with E-state index in [9.17, 15) is 0 Å². The molecular formula is C14H15NO. The van der Waals surface area contributed by atoms with E-state index in [1.165, 1.54) is 10.9 Å². The summed E-state index contributed by atoms with van der Waals surface area (Å²) in [5, 5.41) is 2.35. The molecule has 0 aliphatic rings. The van der Waals surface area contributed by atoms with Gasteiger partial charge in [0.15, 0.2) is 5.58 Å². The average Bonchev–Trinajstić information content (AvgIpc) is 2.71. The van der Waals surface area contributed by atoms with E-state index in [0.29, 0.717) is 0 Å². The number of nitrogens with zero attached hydrogens (tertiary/aromatic N) is 1. The van der Waals surface area contributed by atoms with E-state index < -0.39 is 0 Å². The average molecular weight is 213 g/mol. The van der Waals surface area contributed by atoms with E-state index in [4.69, 9.17) is 4.42 Å². The second-order valence-corrected chi connectivity index (χ2v) is 3.42. The Balaban J connectivity index is 0.000000457. The molecule has 2 heteroatoms.